The normalized spacial score (nSPS) is 24.4. The largest absolute Gasteiger partial charge is 0.279 e. The van der Waals surface area contributed by atoms with E-state index in [0.29, 0.717) is 10.9 Å². The van der Waals surface area contributed by atoms with Gasteiger partial charge in [-0.2, -0.15) is 0 Å². The molecule has 1 saturated carbocycles. The highest BCUT2D eigenvalue weighted by Gasteiger charge is 2.38. The molecular formula is C9H10ClN3O2S2. The van der Waals surface area contributed by atoms with Gasteiger partial charge in [-0.15, -0.1) is 11.3 Å². The van der Waals surface area contributed by atoms with Crippen LogP contribution in [0.2, 0.25) is 5.15 Å². The summed E-state index contributed by atoms with van der Waals surface area (Å²) in [5, 5.41) is 1.84. The van der Waals surface area contributed by atoms with Crippen LogP contribution >= 0.6 is 22.9 Å². The summed E-state index contributed by atoms with van der Waals surface area (Å²) in [5.41, 5.74) is 0. The number of thiazole rings is 1. The number of fused-ring (bicyclic) bond motifs is 1. The van der Waals surface area contributed by atoms with Crippen LogP contribution in [-0.2, 0) is 10.0 Å². The Labute approximate surface area is 107 Å². The van der Waals surface area contributed by atoms with Crippen LogP contribution in [0.4, 0.5) is 0 Å². The number of hydrogen-bond acceptors (Lipinski definition) is 4. The maximum atomic E-state index is 12.2. The molecule has 0 spiro atoms. The van der Waals surface area contributed by atoms with Gasteiger partial charge in [-0.1, -0.05) is 18.5 Å². The molecule has 2 aromatic rings. The standard InChI is InChI=1S/C9H10ClN3O2S2/c1-5-4-6(5)12-17(14,15)8-7(10)11-9-13(8)2-3-16-9/h2-3,5-6,12H,4H2,1H3. The van der Waals surface area contributed by atoms with E-state index in [1.54, 1.807) is 11.6 Å². The van der Waals surface area contributed by atoms with E-state index in [4.69, 9.17) is 11.6 Å². The summed E-state index contributed by atoms with van der Waals surface area (Å²) in [6.07, 6.45) is 2.53. The van der Waals surface area contributed by atoms with E-state index in [0.717, 1.165) is 6.42 Å². The van der Waals surface area contributed by atoms with E-state index in [1.807, 2.05) is 6.92 Å². The second-order valence-corrected chi connectivity index (χ2v) is 7.06. The van der Waals surface area contributed by atoms with Crippen LogP contribution in [-0.4, -0.2) is 23.8 Å². The van der Waals surface area contributed by atoms with E-state index < -0.39 is 10.0 Å². The number of aromatic nitrogens is 2. The average Bonchev–Trinajstić information content (AvgIpc) is 2.60. The highest BCUT2D eigenvalue weighted by Crippen LogP contribution is 2.32. The van der Waals surface area contributed by atoms with Crippen molar-refractivity contribution in [1.82, 2.24) is 14.1 Å². The molecule has 3 rings (SSSR count). The topological polar surface area (TPSA) is 63.5 Å². The second-order valence-electron chi connectivity index (χ2n) is 4.20. The molecule has 0 amide bonds. The summed E-state index contributed by atoms with van der Waals surface area (Å²) in [5.74, 6) is 0.398. The molecule has 1 aliphatic carbocycles. The van der Waals surface area contributed by atoms with Crippen molar-refractivity contribution in [1.29, 1.82) is 0 Å². The van der Waals surface area contributed by atoms with Gasteiger partial charge in [0.1, 0.15) is 0 Å². The van der Waals surface area contributed by atoms with Crippen molar-refractivity contribution in [3.05, 3.63) is 16.7 Å². The smallest absolute Gasteiger partial charge is 0.260 e. The van der Waals surface area contributed by atoms with Crippen LogP contribution in [0.15, 0.2) is 16.6 Å². The second kappa shape index (κ2) is 3.68. The first-order valence-corrected chi connectivity index (χ1v) is 7.86. The predicted molar refractivity (Wildman–Crippen MR) is 66.0 cm³/mol. The Bertz CT molecular complexity index is 676. The molecular weight excluding hydrogens is 282 g/mol. The Kier molecular flexibility index (Phi) is 2.48. The molecule has 2 aromatic heterocycles. The van der Waals surface area contributed by atoms with Gasteiger partial charge in [0.2, 0.25) is 0 Å². The summed E-state index contributed by atoms with van der Waals surface area (Å²) < 4.78 is 28.5. The van der Waals surface area contributed by atoms with Crippen LogP contribution in [0.25, 0.3) is 4.96 Å². The monoisotopic (exact) mass is 291 g/mol. The molecule has 1 N–H and O–H groups in total. The number of nitrogens with zero attached hydrogens (tertiary/aromatic N) is 2. The molecule has 0 aromatic carbocycles. The minimum atomic E-state index is -3.59. The van der Waals surface area contributed by atoms with Crippen LogP contribution in [0.1, 0.15) is 13.3 Å². The first-order chi connectivity index (χ1) is 7.99. The van der Waals surface area contributed by atoms with Crippen LogP contribution < -0.4 is 4.72 Å². The number of sulfonamides is 1. The third-order valence-electron chi connectivity index (χ3n) is 2.85. The first-order valence-electron chi connectivity index (χ1n) is 5.12. The van der Waals surface area contributed by atoms with Crippen molar-refractivity contribution in [3.8, 4) is 0 Å². The number of nitrogens with one attached hydrogen (secondary N) is 1. The highest BCUT2D eigenvalue weighted by molar-refractivity contribution is 7.89. The Morgan fingerprint density at radius 2 is 2.35 bits per heavy atom. The van der Waals surface area contributed by atoms with Gasteiger partial charge < -0.3 is 0 Å². The summed E-state index contributed by atoms with van der Waals surface area (Å²) in [6, 6.07) is 0.0280. The lowest BCUT2D eigenvalue weighted by molar-refractivity contribution is 0.573. The van der Waals surface area contributed by atoms with Crippen molar-refractivity contribution >= 4 is 37.9 Å². The first kappa shape index (κ1) is 11.5. The lowest BCUT2D eigenvalue weighted by atomic mass is 10.5. The van der Waals surface area contributed by atoms with Gasteiger partial charge in [0, 0.05) is 17.6 Å². The van der Waals surface area contributed by atoms with Gasteiger partial charge in [-0.25, -0.2) is 18.1 Å². The number of halogens is 1. The average molecular weight is 292 g/mol. The summed E-state index contributed by atoms with van der Waals surface area (Å²) in [6.45, 7) is 2.01. The molecule has 0 bridgehead atoms. The molecule has 5 nitrogen and oxygen atoms in total. The molecule has 2 heterocycles. The third kappa shape index (κ3) is 1.87. The van der Waals surface area contributed by atoms with Crippen molar-refractivity contribution in [2.75, 3.05) is 0 Å². The van der Waals surface area contributed by atoms with Gasteiger partial charge in [0.05, 0.1) is 0 Å². The zero-order valence-corrected chi connectivity index (χ0v) is 11.3. The lowest BCUT2D eigenvalue weighted by Gasteiger charge is -2.04. The molecule has 0 radical (unpaired) electrons. The van der Waals surface area contributed by atoms with Crippen molar-refractivity contribution in [2.45, 2.75) is 24.4 Å². The predicted octanol–water partition coefficient (Wildman–Crippen LogP) is 1.74. The fourth-order valence-corrected chi connectivity index (χ4v) is 4.53. The minimum Gasteiger partial charge on any atom is -0.279 e. The van der Waals surface area contributed by atoms with E-state index in [1.165, 1.54) is 15.7 Å². The summed E-state index contributed by atoms with van der Waals surface area (Å²) in [4.78, 5) is 4.60. The Morgan fingerprint density at radius 3 is 3.00 bits per heavy atom. The Morgan fingerprint density at radius 1 is 1.65 bits per heavy atom. The molecule has 8 heteroatoms. The molecule has 1 fully saturated rings. The van der Waals surface area contributed by atoms with E-state index in [9.17, 15) is 8.42 Å². The molecule has 92 valence electrons. The minimum absolute atomic E-state index is 0.0256. The van der Waals surface area contributed by atoms with Gasteiger partial charge >= 0.3 is 0 Å². The van der Waals surface area contributed by atoms with E-state index in [-0.39, 0.29) is 16.2 Å². The zero-order valence-electron chi connectivity index (χ0n) is 8.92. The molecule has 2 atom stereocenters. The summed E-state index contributed by atoms with van der Waals surface area (Å²) >= 11 is 7.24. The number of imidazole rings is 1. The van der Waals surface area contributed by atoms with Gasteiger partial charge in [0.25, 0.3) is 10.0 Å². The third-order valence-corrected chi connectivity index (χ3v) is 5.49. The number of hydrogen-bond donors (Lipinski definition) is 1. The van der Waals surface area contributed by atoms with Crippen LogP contribution in [0.5, 0.6) is 0 Å². The molecule has 0 aliphatic heterocycles. The van der Waals surface area contributed by atoms with Gasteiger partial charge in [0.15, 0.2) is 15.1 Å². The molecule has 1 aliphatic rings. The Hall–Kier alpha value is -0.630. The molecule has 2 unspecified atom stereocenters. The SMILES string of the molecule is CC1CC1NS(=O)(=O)c1c(Cl)nc2sccn12. The molecule has 0 saturated heterocycles. The fourth-order valence-electron chi connectivity index (χ4n) is 1.72. The highest BCUT2D eigenvalue weighted by atomic mass is 35.5. The van der Waals surface area contributed by atoms with E-state index in [2.05, 4.69) is 9.71 Å². The van der Waals surface area contributed by atoms with E-state index >= 15 is 0 Å². The summed E-state index contributed by atoms with van der Waals surface area (Å²) in [7, 11) is -3.59. The fraction of sp³-hybridized carbons (Fsp3) is 0.444. The maximum Gasteiger partial charge on any atom is 0.260 e. The van der Waals surface area contributed by atoms with Crippen LogP contribution in [0, 0.1) is 5.92 Å². The molecule has 17 heavy (non-hydrogen) atoms. The Balaban J connectivity index is 2.07. The lowest BCUT2D eigenvalue weighted by Crippen LogP contribution is -2.28. The van der Waals surface area contributed by atoms with Crippen molar-refractivity contribution in [2.24, 2.45) is 5.92 Å². The number of rotatable bonds is 3. The maximum absolute atomic E-state index is 12.2. The van der Waals surface area contributed by atoms with Gasteiger partial charge in [-0.05, 0) is 12.3 Å². The van der Waals surface area contributed by atoms with Crippen molar-refractivity contribution < 1.29 is 8.42 Å². The van der Waals surface area contributed by atoms with Crippen molar-refractivity contribution in [3.63, 3.8) is 0 Å². The van der Waals surface area contributed by atoms with Gasteiger partial charge in [-0.3, -0.25) is 4.40 Å². The quantitative estimate of drug-likeness (QED) is 0.937. The zero-order chi connectivity index (χ0) is 12.2. The van der Waals surface area contributed by atoms with Crippen LogP contribution in [0.3, 0.4) is 0 Å².